The molecule has 0 saturated carbocycles. The minimum Gasteiger partial charge on any atom is -0.343 e. The van der Waals surface area contributed by atoms with Crippen molar-refractivity contribution >= 4 is 40.5 Å². The number of piperidine rings is 1. The molecule has 6 heteroatoms. The van der Waals surface area contributed by atoms with Gasteiger partial charge in [0.1, 0.15) is 0 Å². The number of nitrogens with zero attached hydrogens (tertiary/aromatic N) is 2. The van der Waals surface area contributed by atoms with Crippen molar-refractivity contribution in [2.45, 2.75) is 52.6 Å². The minimum absolute atomic E-state index is 0.153. The summed E-state index contributed by atoms with van der Waals surface area (Å²) in [6.45, 7) is 9.50. The van der Waals surface area contributed by atoms with Crippen LogP contribution in [0.5, 0.6) is 0 Å². The number of rotatable bonds is 3. The largest absolute Gasteiger partial charge is 0.343 e. The van der Waals surface area contributed by atoms with Gasteiger partial charge in [0.15, 0.2) is 5.11 Å². The van der Waals surface area contributed by atoms with E-state index < -0.39 is 0 Å². The van der Waals surface area contributed by atoms with E-state index in [2.05, 4.69) is 24.1 Å². The molecule has 2 rings (SSSR count). The van der Waals surface area contributed by atoms with Crippen molar-refractivity contribution in [1.82, 2.24) is 9.80 Å². The summed E-state index contributed by atoms with van der Waals surface area (Å²) < 4.78 is 0. The number of thiocarbonyl (C=S) groups is 1. The van der Waals surface area contributed by atoms with Crippen LogP contribution in [0.2, 0.25) is 5.02 Å². The first kappa shape index (κ1) is 19.0. The van der Waals surface area contributed by atoms with E-state index in [0.717, 1.165) is 47.3 Å². The highest BCUT2D eigenvalue weighted by Crippen LogP contribution is 2.25. The summed E-state index contributed by atoms with van der Waals surface area (Å²) in [7, 11) is 0. The maximum atomic E-state index is 11.5. The van der Waals surface area contributed by atoms with E-state index in [-0.39, 0.29) is 5.91 Å². The summed E-state index contributed by atoms with van der Waals surface area (Å²) >= 11 is 11.9. The number of carbonyl (C=O) groups excluding carboxylic acids is 1. The van der Waals surface area contributed by atoms with E-state index in [9.17, 15) is 4.79 Å². The normalized spacial score (nSPS) is 15.5. The summed E-state index contributed by atoms with van der Waals surface area (Å²) in [5, 5.41) is 4.81. The highest BCUT2D eigenvalue weighted by molar-refractivity contribution is 7.80. The number of amides is 1. The molecule has 0 spiro atoms. The third-order valence-corrected chi connectivity index (χ3v) is 5.33. The van der Waals surface area contributed by atoms with Gasteiger partial charge < -0.3 is 15.1 Å². The molecule has 132 valence electrons. The number of hydrogen-bond donors (Lipinski definition) is 1. The molecule has 1 saturated heterocycles. The monoisotopic (exact) mass is 367 g/mol. The van der Waals surface area contributed by atoms with Gasteiger partial charge in [0.2, 0.25) is 5.91 Å². The number of nitrogens with one attached hydrogen (secondary N) is 1. The average Bonchev–Trinajstić information content (AvgIpc) is 2.52. The van der Waals surface area contributed by atoms with Crippen LogP contribution in [0.4, 0.5) is 5.69 Å². The number of likely N-dealkylation sites (tertiary alicyclic amines) is 1. The second kappa shape index (κ2) is 8.17. The highest BCUT2D eigenvalue weighted by atomic mass is 35.5. The topological polar surface area (TPSA) is 35.6 Å². The van der Waals surface area contributed by atoms with Crippen molar-refractivity contribution in [3.63, 3.8) is 0 Å². The molecular weight excluding hydrogens is 342 g/mol. The van der Waals surface area contributed by atoms with Gasteiger partial charge in [-0.05, 0) is 63.5 Å². The molecule has 4 nitrogen and oxygen atoms in total. The van der Waals surface area contributed by atoms with Crippen molar-refractivity contribution in [2.75, 3.05) is 18.4 Å². The molecule has 0 radical (unpaired) electrons. The van der Waals surface area contributed by atoms with Crippen molar-refractivity contribution in [1.29, 1.82) is 0 Å². The first-order valence-corrected chi connectivity index (χ1v) is 9.19. The summed E-state index contributed by atoms with van der Waals surface area (Å²) in [6, 6.07) is 6.43. The summed E-state index contributed by atoms with van der Waals surface area (Å²) in [6.07, 6.45) is 1.88. The number of benzene rings is 1. The van der Waals surface area contributed by atoms with E-state index in [4.69, 9.17) is 23.8 Å². The standard InChI is InChI=1S/C18H26ClN3OS/c1-12(2)22(15-8-10-21(11-9-15)14(4)23)18(24)20-17-7-5-6-16(19)13(17)3/h5-7,12,15H,8-11H2,1-4H3,(H,20,24). The molecule has 0 atom stereocenters. The second-order valence-corrected chi connectivity index (χ2v) is 7.37. The number of hydrogen-bond acceptors (Lipinski definition) is 2. The Kier molecular flexibility index (Phi) is 6.47. The molecule has 1 fully saturated rings. The Morgan fingerprint density at radius 3 is 2.54 bits per heavy atom. The predicted molar refractivity (Wildman–Crippen MR) is 105 cm³/mol. The number of halogens is 1. The molecule has 1 aromatic rings. The third kappa shape index (κ3) is 4.39. The molecule has 1 aromatic carbocycles. The van der Waals surface area contributed by atoms with Gasteiger partial charge in [0.25, 0.3) is 0 Å². The van der Waals surface area contributed by atoms with Crippen LogP contribution in [0, 0.1) is 6.92 Å². The Labute approximate surface area is 155 Å². The fourth-order valence-corrected chi connectivity index (χ4v) is 3.85. The van der Waals surface area contributed by atoms with Gasteiger partial charge >= 0.3 is 0 Å². The highest BCUT2D eigenvalue weighted by Gasteiger charge is 2.29. The van der Waals surface area contributed by atoms with Gasteiger partial charge in [0, 0.05) is 42.8 Å². The Bertz CT molecular complexity index is 612. The number of anilines is 1. The van der Waals surface area contributed by atoms with Crippen LogP contribution in [-0.4, -0.2) is 46.0 Å². The fourth-order valence-electron chi connectivity index (χ4n) is 3.20. The lowest BCUT2D eigenvalue weighted by atomic mass is 10.0. The Morgan fingerprint density at radius 2 is 2.00 bits per heavy atom. The zero-order chi connectivity index (χ0) is 17.9. The van der Waals surface area contributed by atoms with E-state index in [1.165, 1.54) is 0 Å². The lowest BCUT2D eigenvalue weighted by Crippen LogP contribution is -2.52. The molecule has 1 aliphatic rings. The fraction of sp³-hybridized carbons (Fsp3) is 0.556. The van der Waals surface area contributed by atoms with E-state index >= 15 is 0 Å². The van der Waals surface area contributed by atoms with Crippen molar-refractivity contribution in [3.05, 3.63) is 28.8 Å². The first-order valence-electron chi connectivity index (χ1n) is 8.41. The SMILES string of the molecule is CC(=O)N1CCC(N(C(=S)Nc2cccc(Cl)c2C)C(C)C)CC1. The van der Waals surface area contributed by atoms with Crippen LogP contribution in [0.1, 0.15) is 39.2 Å². The molecule has 0 aromatic heterocycles. The van der Waals surface area contributed by atoms with Crippen LogP contribution in [0.15, 0.2) is 18.2 Å². The molecule has 1 N–H and O–H groups in total. The molecule has 0 unspecified atom stereocenters. The minimum atomic E-state index is 0.153. The van der Waals surface area contributed by atoms with Crippen molar-refractivity contribution < 1.29 is 4.79 Å². The Hall–Kier alpha value is -1.33. The third-order valence-electron chi connectivity index (χ3n) is 4.60. The first-order chi connectivity index (χ1) is 11.3. The molecule has 0 bridgehead atoms. The van der Waals surface area contributed by atoms with Crippen LogP contribution in [-0.2, 0) is 4.79 Å². The van der Waals surface area contributed by atoms with E-state index in [1.54, 1.807) is 6.92 Å². The van der Waals surface area contributed by atoms with Crippen LogP contribution >= 0.6 is 23.8 Å². The number of carbonyl (C=O) groups is 1. The van der Waals surface area contributed by atoms with Gasteiger partial charge in [-0.1, -0.05) is 17.7 Å². The molecular formula is C18H26ClN3OS. The summed E-state index contributed by atoms with van der Waals surface area (Å²) in [5.41, 5.74) is 1.94. The van der Waals surface area contributed by atoms with E-state index in [1.807, 2.05) is 30.0 Å². The Balaban J connectivity index is 2.09. The average molecular weight is 368 g/mol. The van der Waals surface area contributed by atoms with Crippen molar-refractivity contribution in [3.8, 4) is 0 Å². The van der Waals surface area contributed by atoms with Crippen molar-refractivity contribution in [2.24, 2.45) is 0 Å². The molecule has 1 heterocycles. The van der Waals surface area contributed by atoms with Gasteiger partial charge in [0.05, 0.1) is 0 Å². The smallest absolute Gasteiger partial charge is 0.219 e. The second-order valence-electron chi connectivity index (χ2n) is 6.58. The summed E-state index contributed by atoms with van der Waals surface area (Å²) in [5.74, 6) is 0.153. The van der Waals surface area contributed by atoms with Crippen LogP contribution in [0.3, 0.4) is 0 Å². The van der Waals surface area contributed by atoms with Gasteiger partial charge in [-0.2, -0.15) is 0 Å². The van der Waals surface area contributed by atoms with Gasteiger partial charge in [-0.25, -0.2) is 0 Å². The zero-order valence-corrected chi connectivity index (χ0v) is 16.4. The van der Waals surface area contributed by atoms with Crippen LogP contribution in [0.25, 0.3) is 0 Å². The molecule has 1 amide bonds. The lowest BCUT2D eigenvalue weighted by molar-refractivity contribution is -0.130. The van der Waals surface area contributed by atoms with Gasteiger partial charge in [-0.3, -0.25) is 4.79 Å². The molecule has 0 aliphatic carbocycles. The summed E-state index contributed by atoms with van der Waals surface area (Å²) in [4.78, 5) is 15.7. The van der Waals surface area contributed by atoms with Crippen LogP contribution < -0.4 is 5.32 Å². The maximum Gasteiger partial charge on any atom is 0.219 e. The van der Waals surface area contributed by atoms with E-state index in [0.29, 0.717) is 12.1 Å². The maximum absolute atomic E-state index is 11.5. The predicted octanol–water partition coefficient (Wildman–Crippen LogP) is 4.07. The molecule has 1 aliphatic heterocycles. The molecule has 24 heavy (non-hydrogen) atoms. The quantitative estimate of drug-likeness (QED) is 0.817. The Morgan fingerprint density at radius 1 is 1.38 bits per heavy atom. The zero-order valence-electron chi connectivity index (χ0n) is 14.8. The lowest BCUT2D eigenvalue weighted by Gasteiger charge is -2.42. The van der Waals surface area contributed by atoms with Gasteiger partial charge in [-0.15, -0.1) is 0 Å².